The SMILES string of the molecule is CCCCn1c(=O)nc2n(-c3cccc(C(F)(F)F)c3)c3c(cc-2c1=O)c(C)nn3-c1ccccc1. The molecule has 0 fully saturated rings. The molecule has 0 spiro atoms. The molecule has 184 valence electrons. The minimum atomic E-state index is -4.58. The summed E-state index contributed by atoms with van der Waals surface area (Å²) in [6.45, 7) is 3.91. The van der Waals surface area contributed by atoms with E-state index in [0.717, 1.165) is 23.1 Å². The predicted octanol–water partition coefficient (Wildman–Crippen LogP) is 4.97. The van der Waals surface area contributed by atoms with E-state index in [1.807, 2.05) is 37.3 Å². The van der Waals surface area contributed by atoms with Gasteiger partial charge in [-0.3, -0.25) is 13.9 Å². The van der Waals surface area contributed by atoms with Gasteiger partial charge in [-0.1, -0.05) is 37.6 Å². The first kappa shape index (κ1) is 23.5. The van der Waals surface area contributed by atoms with E-state index in [9.17, 15) is 22.8 Å². The average Bonchev–Trinajstić information content (AvgIpc) is 3.19. The molecule has 1 aromatic heterocycles. The molecule has 0 unspecified atom stereocenters. The smallest absolute Gasteiger partial charge is 0.278 e. The fourth-order valence-electron chi connectivity index (χ4n) is 4.32. The monoisotopic (exact) mass is 493 g/mol. The molecule has 2 aromatic carbocycles. The van der Waals surface area contributed by atoms with Gasteiger partial charge in [-0.15, -0.1) is 0 Å². The van der Waals surface area contributed by atoms with Crippen molar-refractivity contribution in [3.8, 4) is 22.8 Å². The molecular formula is C26H22F3N5O2. The number of benzene rings is 2. The summed E-state index contributed by atoms with van der Waals surface area (Å²) < 4.78 is 44.9. The molecule has 10 heteroatoms. The highest BCUT2D eigenvalue weighted by Gasteiger charge is 2.31. The van der Waals surface area contributed by atoms with Crippen LogP contribution in [0.4, 0.5) is 13.2 Å². The summed E-state index contributed by atoms with van der Waals surface area (Å²) in [5.41, 5.74) is -0.281. The lowest BCUT2D eigenvalue weighted by molar-refractivity contribution is -0.137. The summed E-state index contributed by atoms with van der Waals surface area (Å²) in [6.07, 6.45) is -3.20. The third kappa shape index (κ3) is 3.88. The highest BCUT2D eigenvalue weighted by atomic mass is 19.4. The van der Waals surface area contributed by atoms with Crippen molar-refractivity contribution in [1.82, 2.24) is 23.9 Å². The molecular weight excluding hydrogens is 471 g/mol. The number of nitrogens with zero attached hydrogens (tertiary/aromatic N) is 5. The van der Waals surface area contributed by atoms with Crippen molar-refractivity contribution in [2.45, 2.75) is 39.4 Å². The maximum absolute atomic E-state index is 13.6. The van der Waals surface area contributed by atoms with Crippen LogP contribution in [0, 0.1) is 6.92 Å². The Labute approximate surface area is 203 Å². The van der Waals surface area contributed by atoms with E-state index >= 15 is 0 Å². The molecule has 0 bridgehead atoms. The molecule has 0 atom stereocenters. The molecule has 0 saturated carbocycles. The highest BCUT2D eigenvalue weighted by molar-refractivity contribution is 5.88. The summed E-state index contributed by atoms with van der Waals surface area (Å²) in [4.78, 5) is 30.5. The quantitative estimate of drug-likeness (QED) is 0.347. The molecule has 3 heterocycles. The fourth-order valence-corrected chi connectivity index (χ4v) is 4.32. The maximum atomic E-state index is 13.6. The zero-order chi connectivity index (χ0) is 25.6. The van der Waals surface area contributed by atoms with Crippen LogP contribution in [0.25, 0.3) is 33.8 Å². The van der Waals surface area contributed by atoms with Gasteiger partial charge in [0.15, 0.2) is 5.82 Å². The van der Waals surface area contributed by atoms with Crippen molar-refractivity contribution in [2.75, 3.05) is 0 Å². The van der Waals surface area contributed by atoms with Crippen molar-refractivity contribution in [3.63, 3.8) is 0 Å². The van der Waals surface area contributed by atoms with E-state index in [4.69, 9.17) is 0 Å². The van der Waals surface area contributed by atoms with Crippen LogP contribution in [0.3, 0.4) is 0 Å². The third-order valence-electron chi connectivity index (χ3n) is 6.11. The van der Waals surface area contributed by atoms with Crippen molar-refractivity contribution >= 4 is 11.0 Å². The second-order valence-electron chi connectivity index (χ2n) is 8.54. The van der Waals surface area contributed by atoms with Crippen molar-refractivity contribution in [3.05, 3.63) is 92.8 Å². The van der Waals surface area contributed by atoms with Crippen LogP contribution in [0.2, 0.25) is 0 Å². The molecule has 0 saturated heterocycles. The van der Waals surface area contributed by atoms with Gasteiger partial charge in [0, 0.05) is 17.6 Å². The summed E-state index contributed by atoms with van der Waals surface area (Å²) >= 11 is 0. The number of fused-ring (bicyclic) bond motifs is 2. The van der Waals surface area contributed by atoms with Gasteiger partial charge in [0.05, 0.1) is 22.5 Å². The Morgan fingerprint density at radius 3 is 2.36 bits per heavy atom. The number of aryl methyl sites for hydroxylation is 1. The van der Waals surface area contributed by atoms with Crippen LogP contribution >= 0.6 is 0 Å². The number of hydrogen-bond acceptors (Lipinski definition) is 4. The van der Waals surface area contributed by atoms with E-state index < -0.39 is 23.0 Å². The number of pyridine rings is 1. The molecule has 36 heavy (non-hydrogen) atoms. The van der Waals surface area contributed by atoms with Gasteiger partial charge in [-0.05, 0) is 49.7 Å². The molecule has 5 rings (SSSR count). The summed E-state index contributed by atoms with van der Waals surface area (Å²) in [6, 6.07) is 15.4. The molecule has 3 aromatic rings. The normalized spacial score (nSPS) is 12.0. The van der Waals surface area contributed by atoms with E-state index in [0.29, 0.717) is 28.8 Å². The maximum Gasteiger partial charge on any atom is 0.416 e. The number of aromatic nitrogens is 5. The van der Waals surface area contributed by atoms with E-state index in [1.165, 1.54) is 16.7 Å². The topological polar surface area (TPSA) is 74.7 Å². The third-order valence-corrected chi connectivity index (χ3v) is 6.11. The molecule has 0 radical (unpaired) electrons. The second kappa shape index (κ2) is 8.78. The summed E-state index contributed by atoms with van der Waals surface area (Å²) in [5, 5.41) is 5.18. The van der Waals surface area contributed by atoms with Crippen LogP contribution in [0.1, 0.15) is 31.0 Å². The zero-order valence-electron chi connectivity index (χ0n) is 19.6. The van der Waals surface area contributed by atoms with Gasteiger partial charge in [0.25, 0.3) is 5.56 Å². The Morgan fingerprint density at radius 2 is 1.67 bits per heavy atom. The lowest BCUT2D eigenvalue weighted by atomic mass is 10.1. The number of alkyl halides is 3. The Morgan fingerprint density at radius 1 is 0.944 bits per heavy atom. The first-order valence-corrected chi connectivity index (χ1v) is 11.5. The van der Waals surface area contributed by atoms with Gasteiger partial charge in [-0.25, -0.2) is 9.48 Å². The molecule has 0 N–H and O–H groups in total. The van der Waals surface area contributed by atoms with Crippen LogP contribution < -0.4 is 11.2 Å². The number of rotatable bonds is 5. The van der Waals surface area contributed by atoms with Crippen LogP contribution in [-0.2, 0) is 12.7 Å². The number of unbranched alkanes of at least 4 members (excludes halogenated alkanes) is 1. The van der Waals surface area contributed by atoms with Crippen LogP contribution in [0.15, 0.2) is 70.3 Å². The minimum absolute atomic E-state index is 0.0262. The van der Waals surface area contributed by atoms with Gasteiger partial charge in [0.2, 0.25) is 0 Å². The van der Waals surface area contributed by atoms with E-state index in [2.05, 4.69) is 10.1 Å². The summed E-state index contributed by atoms with van der Waals surface area (Å²) in [5.74, 6) is -0.0262. The largest absolute Gasteiger partial charge is 0.416 e. The average molecular weight is 493 g/mol. The van der Waals surface area contributed by atoms with Gasteiger partial charge < -0.3 is 0 Å². The number of hydrogen-bond donors (Lipinski definition) is 0. The zero-order valence-corrected chi connectivity index (χ0v) is 19.6. The van der Waals surface area contributed by atoms with E-state index in [1.54, 1.807) is 17.7 Å². The Hall–Kier alpha value is -4.21. The molecule has 0 aliphatic carbocycles. The second-order valence-corrected chi connectivity index (χ2v) is 8.54. The standard InChI is InChI=1S/C26H22F3N5O2/c1-3-4-13-32-24(35)21-15-20-16(2)31-34(18-10-6-5-7-11-18)23(20)33(22(21)30-25(32)36)19-12-8-9-17(14-19)26(27,28)29/h5-12,14-15H,3-4,13H2,1-2H3. The Balaban J connectivity index is 1.95. The lowest BCUT2D eigenvalue weighted by Crippen LogP contribution is -2.38. The molecule has 7 nitrogen and oxygen atoms in total. The van der Waals surface area contributed by atoms with Gasteiger partial charge >= 0.3 is 11.9 Å². The molecule has 0 amide bonds. The predicted molar refractivity (Wildman–Crippen MR) is 130 cm³/mol. The van der Waals surface area contributed by atoms with E-state index in [-0.39, 0.29) is 23.6 Å². The first-order chi connectivity index (χ1) is 17.2. The fraction of sp³-hybridized carbons (Fsp3) is 0.231. The lowest BCUT2D eigenvalue weighted by Gasteiger charge is -2.19. The van der Waals surface area contributed by atoms with Crippen LogP contribution in [0.5, 0.6) is 0 Å². The first-order valence-electron chi connectivity index (χ1n) is 11.5. The van der Waals surface area contributed by atoms with Gasteiger partial charge in [0.1, 0.15) is 5.65 Å². The van der Waals surface area contributed by atoms with Crippen molar-refractivity contribution in [2.24, 2.45) is 0 Å². The van der Waals surface area contributed by atoms with Gasteiger partial charge in [-0.2, -0.15) is 23.3 Å². The minimum Gasteiger partial charge on any atom is -0.278 e. The highest BCUT2D eigenvalue weighted by Crippen LogP contribution is 2.34. The number of para-hydroxylation sites is 1. The summed E-state index contributed by atoms with van der Waals surface area (Å²) in [7, 11) is 0. The molecule has 2 aliphatic rings. The number of halogens is 3. The Bertz CT molecular complexity index is 1670. The van der Waals surface area contributed by atoms with Crippen molar-refractivity contribution < 1.29 is 13.2 Å². The Kier molecular flexibility index (Phi) is 5.74. The van der Waals surface area contributed by atoms with Crippen molar-refractivity contribution in [1.29, 1.82) is 0 Å². The molecule has 2 aliphatic heterocycles. The van der Waals surface area contributed by atoms with Crippen LogP contribution in [-0.4, -0.2) is 23.9 Å².